The molecule has 4 rings (SSSR count). The van der Waals surface area contributed by atoms with E-state index in [1.54, 1.807) is 56.0 Å². The number of benzene rings is 2. The molecule has 7 nitrogen and oxygen atoms in total. The Morgan fingerprint density at radius 1 is 1.03 bits per heavy atom. The van der Waals surface area contributed by atoms with Crippen molar-refractivity contribution in [1.82, 2.24) is 14.3 Å². The van der Waals surface area contributed by atoms with Gasteiger partial charge in [0.25, 0.3) is 17.4 Å². The number of amides is 2. The summed E-state index contributed by atoms with van der Waals surface area (Å²) in [5, 5.41) is 2.75. The van der Waals surface area contributed by atoms with Crippen LogP contribution in [0.1, 0.15) is 21.6 Å². The average molecular weight is 465 g/mol. The molecule has 0 saturated carbocycles. The predicted octanol–water partition coefficient (Wildman–Crippen LogP) is 3.57. The van der Waals surface area contributed by atoms with Gasteiger partial charge in [-0.1, -0.05) is 54.3 Å². The van der Waals surface area contributed by atoms with Crippen LogP contribution in [0.15, 0.2) is 64.3 Å². The van der Waals surface area contributed by atoms with Crippen molar-refractivity contribution >= 4 is 51.9 Å². The lowest BCUT2D eigenvalue weighted by atomic mass is 10.1. The lowest BCUT2D eigenvalue weighted by molar-refractivity contribution is -0.121. The van der Waals surface area contributed by atoms with E-state index < -0.39 is 0 Å². The fourth-order valence-corrected chi connectivity index (χ4v) is 4.51. The Balaban J connectivity index is 1.56. The number of likely N-dealkylation sites (N-methyl/N-ethyl adjacent to an activating group) is 1. The van der Waals surface area contributed by atoms with Gasteiger partial charge in [0, 0.05) is 19.7 Å². The topological polar surface area (TPSA) is 76.3 Å². The fraction of sp³-hybridized carbons (Fsp3) is 0.130. The molecule has 2 aromatic carbocycles. The summed E-state index contributed by atoms with van der Waals surface area (Å²) in [4.78, 5) is 39.9. The summed E-state index contributed by atoms with van der Waals surface area (Å²) in [6.07, 6.45) is 1.74. The van der Waals surface area contributed by atoms with Gasteiger partial charge in [0.05, 0.1) is 16.3 Å². The minimum absolute atomic E-state index is 0.143. The van der Waals surface area contributed by atoms with Gasteiger partial charge >= 0.3 is 0 Å². The van der Waals surface area contributed by atoms with E-state index >= 15 is 0 Å². The third-order valence-corrected chi connectivity index (χ3v) is 6.73. The third-order valence-electron chi connectivity index (χ3n) is 5.25. The molecule has 2 amide bonds. The largest absolute Gasteiger partial charge is 0.316 e. The summed E-state index contributed by atoms with van der Waals surface area (Å²) in [5.41, 5.74) is 2.47. The Hall–Kier alpha value is -3.43. The van der Waals surface area contributed by atoms with Gasteiger partial charge in [0.15, 0.2) is 0 Å². The molecule has 1 N–H and O–H groups in total. The van der Waals surface area contributed by atoms with Crippen molar-refractivity contribution in [2.45, 2.75) is 6.92 Å². The Labute approximate surface area is 194 Å². The number of carbonyl (C=O) groups is 2. The summed E-state index contributed by atoms with van der Waals surface area (Å²) in [5.74, 6) is -0.529. The number of anilines is 1. The highest BCUT2D eigenvalue weighted by molar-refractivity contribution is 8.26. The SMILES string of the molecule is Cc1c(NC(=O)c2ccc(C=C3SC(=S)N(C)C3=O)cc2)c(=O)n(-c2ccccc2)n1C. The standard InChI is InChI=1S/C23H20N4O3S2/c1-14-19(22(30)27(26(14)3)17-7-5-4-6-8-17)24-20(28)16-11-9-15(10-12-16)13-18-21(29)25(2)23(31)32-18/h4-13H,1-3H3,(H,24,28). The van der Waals surface area contributed by atoms with Crippen LogP contribution in [0.25, 0.3) is 11.8 Å². The monoisotopic (exact) mass is 464 g/mol. The van der Waals surface area contributed by atoms with Crippen molar-refractivity contribution in [3.05, 3.63) is 86.7 Å². The molecule has 0 radical (unpaired) electrons. The maximum atomic E-state index is 13.0. The van der Waals surface area contributed by atoms with Crippen molar-refractivity contribution < 1.29 is 9.59 Å². The molecule has 0 atom stereocenters. The first kappa shape index (κ1) is 21.8. The minimum Gasteiger partial charge on any atom is -0.316 e. The van der Waals surface area contributed by atoms with Crippen LogP contribution in [-0.2, 0) is 11.8 Å². The zero-order valence-electron chi connectivity index (χ0n) is 17.7. The van der Waals surface area contributed by atoms with Gasteiger partial charge in [0.1, 0.15) is 10.0 Å². The highest BCUT2D eigenvalue weighted by Gasteiger charge is 2.28. The second kappa shape index (κ2) is 8.60. The first-order valence-corrected chi connectivity index (χ1v) is 11.0. The van der Waals surface area contributed by atoms with Crippen molar-refractivity contribution in [3.8, 4) is 5.69 Å². The van der Waals surface area contributed by atoms with Gasteiger partial charge in [-0.05, 0) is 42.8 Å². The maximum absolute atomic E-state index is 13.0. The van der Waals surface area contributed by atoms with Gasteiger partial charge in [-0.3, -0.25) is 24.0 Å². The Morgan fingerprint density at radius 3 is 2.28 bits per heavy atom. The molecule has 1 aliphatic rings. The van der Waals surface area contributed by atoms with E-state index in [1.807, 2.05) is 30.3 Å². The van der Waals surface area contributed by atoms with Crippen LogP contribution in [0.3, 0.4) is 0 Å². The number of carbonyl (C=O) groups excluding carboxylic acids is 2. The third kappa shape index (κ3) is 3.92. The smallest absolute Gasteiger partial charge is 0.295 e. The van der Waals surface area contributed by atoms with E-state index in [9.17, 15) is 14.4 Å². The van der Waals surface area contributed by atoms with Crippen LogP contribution in [0.2, 0.25) is 0 Å². The van der Waals surface area contributed by atoms with Gasteiger partial charge in [-0.15, -0.1) is 0 Å². The van der Waals surface area contributed by atoms with Gasteiger partial charge in [0.2, 0.25) is 0 Å². The number of nitrogens with zero attached hydrogens (tertiary/aromatic N) is 3. The predicted molar refractivity (Wildman–Crippen MR) is 131 cm³/mol. The van der Waals surface area contributed by atoms with Crippen molar-refractivity contribution in [2.24, 2.45) is 7.05 Å². The highest BCUT2D eigenvalue weighted by atomic mass is 32.2. The second-order valence-corrected chi connectivity index (χ2v) is 8.93. The summed E-state index contributed by atoms with van der Waals surface area (Å²) in [6.45, 7) is 1.78. The highest BCUT2D eigenvalue weighted by Crippen LogP contribution is 2.31. The number of hydrogen-bond acceptors (Lipinski definition) is 5. The molecule has 0 spiro atoms. The Bertz CT molecular complexity index is 1320. The number of aromatic nitrogens is 2. The number of thiocarbonyl (C=S) groups is 1. The molecule has 1 aromatic heterocycles. The van der Waals surface area contributed by atoms with E-state index in [1.165, 1.54) is 21.3 Å². The van der Waals surface area contributed by atoms with E-state index in [-0.39, 0.29) is 23.1 Å². The molecule has 1 saturated heterocycles. The number of rotatable bonds is 4. The van der Waals surface area contributed by atoms with Crippen LogP contribution in [0, 0.1) is 6.92 Å². The molecule has 1 fully saturated rings. The van der Waals surface area contributed by atoms with E-state index in [4.69, 9.17) is 12.2 Å². The van der Waals surface area contributed by atoms with Crippen LogP contribution in [0.4, 0.5) is 5.69 Å². The van der Waals surface area contributed by atoms with Crippen LogP contribution in [-0.4, -0.2) is 37.4 Å². The quantitative estimate of drug-likeness (QED) is 0.472. The molecule has 0 unspecified atom stereocenters. The van der Waals surface area contributed by atoms with Gasteiger partial charge < -0.3 is 5.32 Å². The number of nitrogens with one attached hydrogen (secondary N) is 1. The first-order chi connectivity index (χ1) is 15.3. The summed E-state index contributed by atoms with van der Waals surface area (Å²) >= 11 is 6.38. The molecule has 162 valence electrons. The molecule has 1 aliphatic heterocycles. The zero-order valence-corrected chi connectivity index (χ0v) is 19.3. The Morgan fingerprint density at radius 2 is 1.69 bits per heavy atom. The van der Waals surface area contributed by atoms with Crippen LogP contribution < -0.4 is 10.9 Å². The molecule has 32 heavy (non-hydrogen) atoms. The molecule has 3 aromatic rings. The molecule has 0 aliphatic carbocycles. The van der Waals surface area contributed by atoms with Crippen LogP contribution >= 0.6 is 24.0 Å². The molecular weight excluding hydrogens is 444 g/mol. The van der Waals surface area contributed by atoms with Gasteiger partial charge in [-0.25, -0.2) is 4.68 Å². The van der Waals surface area contributed by atoms with Crippen molar-refractivity contribution in [1.29, 1.82) is 0 Å². The minimum atomic E-state index is -0.387. The number of thioether (sulfide) groups is 1. The zero-order chi connectivity index (χ0) is 23.0. The summed E-state index contributed by atoms with van der Waals surface area (Å²) in [6, 6.07) is 16.0. The summed E-state index contributed by atoms with van der Waals surface area (Å²) in [7, 11) is 3.41. The fourth-order valence-electron chi connectivity index (χ4n) is 3.33. The van der Waals surface area contributed by atoms with Gasteiger partial charge in [-0.2, -0.15) is 0 Å². The Kier molecular flexibility index (Phi) is 5.86. The lowest BCUT2D eigenvalue weighted by Gasteiger charge is -2.07. The second-order valence-electron chi connectivity index (χ2n) is 7.25. The average Bonchev–Trinajstić information content (AvgIpc) is 3.16. The molecular formula is C23H20N4O3S2. The normalized spacial score (nSPS) is 15.0. The van der Waals surface area contributed by atoms with Crippen molar-refractivity contribution in [3.63, 3.8) is 0 Å². The number of para-hydroxylation sites is 1. The van der Waals surface area contributed by atoms with Crippen molar-refractivity contribution in [2.75, 3.05) is 12.4 Å². The molecule has 0 bridgehead atoms. The lowest BCUT2D eigenvalue weighted by Crippen LogP contribution is -2.23. The maximum Gasteiger partial charge on any atom is 0.295 e. The molecule has 9 heteroatoms. The molecule has 2 heterocycles. The van der Waals surface area contributed by atoms with E-state index in [2.05, 4.69) is 5.32 Å². The van der Waals surface area contributed by atoms with E-state index in [0.29, 0.717) is 26.2 Å². The number of hydrogen-bond donors (Lipinski definition) is 1. The first-order valence-electron chi connectivity index (χ1n) is 9.75. The summed E-state index contributed by atoms with van der Waals surface area (Å²) < 4.78 is 3.73. The van der Waals surface area contributed by atoms with E-state index in [0.717, 1.165) is 5.56 Å². The van der Waals surface area contributed by atoms with Crippen LogP contribution in [0.5, 0.6) is 0 Å².